The lowest BCUT2D eigenvalue weighted by atomic mass is 9.89. The molecule has 134 valence electrons. The number of rotatable bonds is 4. The number of fused-ring (bicyclic) bond motifs is 1. The summed E-state index contributed by atoms with van der Waals surface area (Å²) in [4.78, 5) is 24.5. The second kappa shape index (κ2) is 7.59. The Labute approximate surface area is 146 Å². The van der Waals surface area contributed by atoms with E-state index in [9.17, 15) is 9.59 Å². The first-order chi connectivity index (χ1) is 12.1. The summed E-state index contributed by atoms with van der Waals surface area (Å²) in [6, 6.07) is 5.45. The van der Waals surface area contributed by atoms with Gasteiger partial charge in [0, 0.05) is 16.9 Å². The van der Waals surface area contributed by atoms with Gasteiger partial charge in [0.1, 0.15) is 11.3 Å². The van der Waals surface area contributed by atoms with Gasteiger partial charge >= 0.3 is 5.91 Å². The lowest BCUT2D eigenvalue weighted by molar-refractivity contribution is -0.126. The first-order valence-electron chi connectivity index (χ1n) is 8.86. The molecule has 2 amide bonds. The first kappa shape index (κ1) is 17.3. The molecule has 1 aromatic carbocycles. The number of nitrogens with one attached hydrogen (secondary N) is 2. The van der Waals surface area contributed by atoms with E-state index >= 15 is 0 Å². The van der Waals surface area contributed by atoms with Gasteiger partial charge in [-0.15, -0.1) is 0 Å². The molecule has 25 heavy (non-hydrogen) atoms. The van der Waals surface area contributed by atoms with Crippen molar-refractivity contribution in [2.24, 2.45) is 5.92 Å². The van der Waals surface area contributed by atoms with E-state index in [1.54, 1.807) is 12.1 Å². The average molecular weight is 344 g/mol. The molecule has 3 rings (SSSR count). The molecule has 1 heterocycles. The third-order valence-corrected chi connectivity index (χ3v) is 4.70. The van der Waals surface area contributed by atoms with E-state index in [4.69, 9.17) is 9.15 Å². The lowest BCUT2D eigenvalue weighted by Crippen LogP contribution is -2.45. The highest BCUT2D eigenvalue weighted by molar-refractivity contribution is 5.99. The second-order valence-corrected chi connectivity index (χ2v) is 6.43. The lowest BCUT2D eigenvalue weighted by Gasteiger charge is -2.20. The molecule has 2 N–H and O–H groups in total. The molecule has 0 bridgehead atoms. The van der Waals surface area contributed by atoms with Crippen molar-refractivity contribution in [2.75, 3.05) is 6.61 Å². The quantitative estimate of drug-likeness (QED) is 0.832. The smallest absolute Gasteiger partial charge is 0.305 e. The molecule has 1 aliphatic carbocycles. The van der Waals surface area contributed by atoms with Crippen LogP contribution in [0.5, 0.6) is 5.75 Å². The van der Waals surface area contributed by atoms with Gasteiger partial charge in [0.15, 0.2) is 5.76 Å². The number of amides is 2. The first-order valence-corrected chi connectivity index (χ1v) is 8.86. The minimum atomic E-state index is -0.448. The Bertz CT molecular complexity index is 775. The van der Waals surface area contributed by atoms with Crippen LogP contribution in [0.2, 0.25) is 0 Å². The molecule has 1 aliphatic rings. The van der Waals surface area contributed by atoms with Gasteiger partial charge in [0.25, 0.3) is 0 Å². The summed E-state index contributed by atoms with van der Waals surface area (Å²) in [5.41, 5.74) is 6.34. The zero-order chi connectivity index (χ0) is 17.8. The molecule has 6 heteroatoms. The van der Waals surface area contributed by atoms with Crippen molar-refractivity contribution in [3.05, 3.63) is 29.5 Å². The van der Waals surface area contributed by atoms with E-state index in [2.05, 4.69) is 10.9 Å². The van der Waals surface area contributed by atoms with E-state index < -0.39 is 5.91 Å². The molecule has 0 aliphatic heterocycles. The van der Waals surface area contributed by atoms with Gasteiger partial charge in [0.2, 0.25) is 5.91 Å². The van der Waals surface area contributed by atoms with E-state index in [1.165, 1.54) is 6.42 Å². The maximum absolute atomic E-state index is 12.4. The molecule has 1 saturated carbocycles. The Balaban J connectivity index is 1.69. The minimum absolute atomic E-state index is 0.0143. The highest BCUT2D eigenvalue weighted by atomic mass is 16.5. The standard InChI is InChI=1S/C19H24N2O4/c1-3-24-14-9-10-16-15(11-14)12(2)17(25-16)19(23)21-20-18(22)13-7-5-4-6-8-13/h9-11,13H,3-8H2,1-2H3,(H,20,22)(H,21,23). The Morgan fingerprint density at radius 1 is 1.20 bits per heavy atom. The fourth-order valence-electron chi connectivity index (χ4n) is 3.32. The van der Waals surface area contributed by atoms with Gasteiger partial charge in [-0.1, -0.05) is 19.3 Å². The molecule has 0 radical (unpaired) electrons. The van der Waals surface area contributed by atoms with Gasteiger partial charge in [-0.25, -0.2) is 0 Å². The van der Waals surface area contributed by atoms with E-state index in [1.807, 2.05) is 19.9 Å². The summed E-state index contributed by atoms with van der Waals surface area (Å²) in [5, 5.41) is 0.828. The molecule has 1 aromatic heterocycles. The third kappa shape index (κ3) is 3.78. The normalized spacial score (nSPS) is 15.1. The number of carbonyl (C=O) groups excluding carboxylic acids is 2. The summed E-state index contributed by atoms with van der Waals surface area (Å²) >= 11 is 0. The highest BCUT2D eigenvalue weighted by Gasteiger charge is 2.23. The van der Waals surface area contributed by atoms with Crippen molar-refractivity contribution in [3.8, 4) is 5.75 Å². The third-order valence-electron chi connectivity index (χ3n) is 4.70. The van der Waals surface area contributed by atoms with Gasteiger partial charge in [-0.2, -0.15) is 0 Å². The fraction of sp³-hybridized carbons (Fsp3) is 0.474. The topological polar surface area (TPSA) is 80.6 Å². The van der Waals surface area contributed by atoms with Crippen LogP contribution < -0.4 is 15.6 Å². The predicted octanol–water partition coefficient (Wildman–Crippen LogP) is 3.48. The number of hydrogen-bond donors (Lipinski definition) is 2. The van der Waals surface area contributed by atoms with Crippen molar-refractivity contribution < 1.29 is 18.7 Å². The van der Waals surface area contributed by atoms with Crippen LogP contribution in [-0.2, 0) is 4.79 Å². The minimum Gasteiger partial charge on any atom is -0.494 e. The number of furan rings is 1. The SMILES string of the molecule is CCOc1ccc2oc(C(=O)NNC(=O)C3CCCCC3)c(C)c2c1. The molecule has 0 spiro atoms. The Kier molecular flexibility index (Phi) is 5.26. The second-order valence-electron chi connectivity index (χ2n) is 6.43. The van der Waals surface area contributed by atoms with E-state index in [-0.39, 0.29) is 17.6 Å². The van der Waals surface area contributed by atoms with Gasteiger partial charge in [0.05, 0.1) is 6.61 Å². The zero-order valence-corrected chi connectivity index (χ0v) is 14.7. The average Bonchev–Trinajstić information content (AvgIpc) is 2.97. The van der Waals surface area contributed by atoms with Gasteiger partial charge < -0.3 is 9.15 Å². The van der Waals surface area contributed by atoms with Crippen molar-refractivity contribution in [3.63, 3.8) is 0 Å². The number of aryl methyl sites for hydroxylation is 1. The van der Waals surface area contributed by atoms with Crippen LogP contribution >= 0.6 is 0 Å². The number of hydrazine groups is 1. The van der Waals surface area contributed by atoms with Crippen LogP contribution in [-0.4, -0.2) is 18.4 Å². The largest absolute Gasteiger partial charge is 0.494 e. The van der Waals surface area contributed by atoms with Crippen molar-refractivity contribution in [2.45, 2.75) is 46.0 Å². The van der Waals surface area contributed by atoms with Crippen molar-refractivity contribution >= 4 is 22.8 Å². The summed E-state index contributed by atoms with van der Waals surface area (Å²) in [6.07, 6.45) is 5.07. The Morgan fingerprint density at radius 3 is 2.68 bits per heavy atom. The summed E-state index contributed by atoms with van der Waals surface area (Å²) in [6.45, 7) is 4.31. The van der Waals surface area contributed by atoms with Crippen LogP contribution in [0.1, 0.15) is 55.1 Å². The van der Waals surface area contributed by atoms with Crippen molar-refractivity contribution in [1.82, 2.24) is 10.9 Å². The number of benzene rings is 1. The molecular formula is C19H24N2O4. The molecule has 0 unspecified atom stereocenters. The van der Waals surface area contributed by atoms with E-state index in [0.717, 1.165) is 42.4 Å². The van der Waals surface area contributed by atoms with Crippen LogP contribution in [0.3, 0.4) is 0 Å². The van der Waals surface area contributed by atoms with Gasteiger partial charge in [-0.05, 0) is 44.9 Å². The monoisotopic (exact) mass is 344 g/mol. The molecule has 0 saturated heterocycles. The molecule has 2 aromatic rings. The number of ether oxygens (including phenoxy) is 1. The molecular weight excluding hydrogens is 320 g/mol. The number of carbonyl (C=O) groups is 2. The number of hydrogen-bond acceptors (Lipinski definition) is 4. The summed E-state index contributed by atoms with van der Waals surface area (Å²) < 4.78 is 11.1. The molecule has 0 atom stereocenters. The van der Waals surface area contributed by atoms with Crippen LogP contribution in [0.25, 0.3) is 11.0 Å². The zero-order valence-electron chi connectivity index (χ0n) is 14.7. The van der Waals surface area contributed by atoms with Crippen LogP contribution in [0, 0.1) is 12.8 Å². The van der Waals surface area contributed by atoms with Crippen LogP contribution in [0.15, 0.2) is 22.6 Å². The predicted molar refractivity (Wildman–Crippen MR) is 94.3 cm³/mol. The summed E-state index contributed by atoms with van der Waals surface area (Å²) in [7, 11) is 0. The Hall–Kier alpha value is -2.50. The maximum atomic E-state index is 12.4. The Morgan fingerprint density at radius 2 is 1.96 bits per heavy atom. The molecule has 1 fully saturated rings. The van der Waals surface area contributed by atoms with Crippen LogP contribution in [0.4, 0.5) is 0 Å². The van der Waals surface area contributed by atoms with Gasteiger partial charge in [-0.3, -0.25) is 20.4 Å². The highest BCUT2D eigenvalue weighted by Crippen LogP contribution is 2.29. The van der Waals surface area contributed by atoms with Crippen molar-refractivity contribution in [1.29, 1.82) is 0 Å². The fourth-order valence-corrected chi connectivity index (χ4v) is 3.32. The maximum Gasteiger partial charge on any atom is 0.305 e. The molecule has 6 nitrogen and oxygen atoms in total. The summed E-state index contributed by atoms with van der Waals surface area (Å²) in [5.74, 6) is 0.347. The van der Waals surface area contributed by atoms with E-state index in [0.29, 0.717) is 12.2 Å².